The van der Waals surface area contributed by atoms with Crippen LogP contribution < -0.4 is 5.32 Å². The fourth-order valence-corrected chi connectivity index (χ4v) is 2.82. The minimum Gasteiger partial charge on any atom is -0.461 e. The maximum Gasteiger partial charge on any atom is 0.407 e. The third-order valence-electron chi connectivity index (χ3n) is 4.16. The Hall–Kier alpha value is -1.26. The molecular formula is C18H33NO4. The number of carbonyl (C=O) groups is 2. The summed E-state index contributed by atoms with van der Waals surface area (Å²) in [6, 6.07) is 0.102. The molecule has 2 unspecified atom stereocenters. The summed E-state index contributed by atoms with van der Waals surface area (Å²) < 4.78 is 10.3. The lowest BCUT2D eigenvalue weighted by Crippen LogP contribution is -2.44. The third-order valence-corrected chi connectivity index (χ3v) is 4.16. The molecule has 134 valence electrons. The molecule has 2 atom stereocenters. The first-order valence-electron chi connectivity index (χ1n) is 9.18. The highest BCUT2D eigenvalue weighted by atomic mass is 16.6. The Balaban J connectivity index is 2.00. The highest BCUT2D eigenvalue weighted by molar-refractivity contribution is 5.78. The molecule has 1 aliphatic rings. The third kappa shape index (κ3) is 8.24. The summed E-state index contributed by atoms with van der Waals surface area (Å²) in [5.41, 5.74) is 0. The van der Waals surface area contributed by atoms with Crippen LogP contribution in [-0.2, 0) is 14.3 Å². The van der Waals surface area contributed by atoms with Crippen molar-refractivity contribution in [3.63, 3.8) is 0 Å². The van der Waals surface area contributed by atoms with Crippen LogP contribution in [0.15, 0.2) is 0 Å². The van der Waals surface area contributed by atoms with Crippen molar-refractivity contribution in [1.29, 1.82) is 0 Å². The molecule has 23 heavy (non-hydrogen) atoms. The smallest absolute Gasteiger partial charge is 0.407 e. The van der Waals surface area contributed by atoms with Crippen molar-refractivity contribution < 1.29 is 19.1 Å². The standard InChI is InChI=1S/C18H33NO4/c1-4-5-6-8-11-15-16(23-17(15)20)12-9-7-10-13-22-18(21)19-14(2)3/h14-16H,4-13H2,1-3H3,(H,19,21). The molecule has 0 aromatic rings. The van der Waals surface area contributed by atoms with Crippen molar-refractivity contribution in [3.05, 3.63) is 0 Å². The van der Waals surface area contributed by atoms with Crippen LogP contribution in [0.1, 0.15) is 78.6 Å². The Labute approximate surface area is 140 Å². The lowest BCUT2D eigenvalue weighted by molar-refractivity contribution is -0.186. The second-order valence-electron chi connectivity index (χ2n) is 6.72. The van der Waals surface area contributed by atoms with E-state index in [9.17, 15) is 9.59 Å². The summed E-state index contributed by atoms with van der Waals surface area (Å²) in [6.45, 7) is 6.44. The summed E-state index contributed by atoms with van der Waals surface area (Å²) in [5.74, 6) is 0.111. The maximum atomic E-state index is 11.5. The van der Waals surface area contributed by atoms with Gasteiger partial charge in [0.2, 0.25) is 0 Å². The Morgan fingerprint density at radius 1 is 1.13 bits per heavy atom. The molecule has 0 aromatic heterocycles. The molecule has 0 bridgehead atoms. The average Bonchev–Trinajstić information content (AvgIpc) is 2.48. The van der Waals surface area contributed by atoms with E-state index in [0.717, 1.165) is 38.5 Å². The average molecular weight is 327 g/mol. The number of amides is 1. The van der Waals surface area contributed by atoms with E-state index in [1.54, 1.807) is 0 Å². The Kier molecular flexibility index (Phi) is 9.72. The number of esters is 1. The molecule has 1 aliphatic heterocycles. The summed E-state index contributed by atoms with van der Waals surface area (Å²) in [5, 5.41) is 2.69. The van der Waals surface area contributed by atoms with Gasteiger partial charge >= 0.3 is 12.1 Å². The number of carbonyl (C=O) groups excluding carboxylic acids is 2. The van der Waals surface area contributed by atoms with Crippen LogP contribution >= 0.6 is 0 Å². The van der Waals surface area contributed by atoms with Gasteiger partial charge in [-0.3, -0.25) is 4.79 Å². The van der Waals surface area contributed by atoms with Crippen LogP contribution in [0.4, 0.5) is 4.79 Å². The predicted molar refractivity (Wildman–Crippen MR) is 90.2 cm³/mol. The van der Waals surface area contributed by atoms with E-state index in [1.807, 2.05) is 13.8 Å². The van der Waals surface area contributed by atoms with Crippen LogP contribution in [0.5, 0.6) is 0 Å². The molecule has 5 nitrogen and oxygen atoms in total. The highest BCUT2D eigenvalue weighted by Gasteiger charge is 2.40. The SMILES string of the molecule is CCCCCCC1C(=O)OC1CCCCCOC(=O)NC(C)C. The van der Waals surface area contributed by atoms with Gasteiger partial charge in [-0.15, -0.1) is 0 Å². The first kappa shape index (κ1) is 19.8. The monoisotopic (exact) mass is 327 g/mol. The molecule has 1 fully saturated rings. The number of hydrogen-bond acceptors (Lipinski definition) is 4. The fraction of sp³-hybridized carbons (Fsp3) is 0.889. The summed E-state index contributed by atoms with van der Waals surface area (Å²) >= 11 is 0. The Morgan fingerprint density at radius 2 is 1.83 bits per heavy atom. The van der Waals surface area contributed by atoms with E-state index in [0.29, 0.717) is 6.61 Å². The van der Waals surface area contributed by atoms with Gasteiger partial charge in [0.1, 0.15) is 6.10 Å². The zero-order chi connectivity index (χ0) is 17.1. The first-order valence-corrected chi connectivity index (χ1v) is 9.18. The van der Waals surface area contributed by atoms with Crippen molar-refractivity contribution in [1.82, 2.24) is 5.32 Å². The molecule has 0 radical (unpaired) electrons. The van der Waals surface area contributed by atoms with Gasteiger partial charge < -0.3 is 14.8 Å². The van der Waals surface area contributed by atoms with Crippen LogP contribution in [0, 0.1) is 5.92 Å². The molecule has 1 amide bonds. The largest absolute Gasteiger partial charge is 0.461 e. The molecular weight excluding hydrogens is 294 g/mol. The first-order chi connectivity index (χ1) is 11.0. The van der Waals surface area contributed by atoms with Gasteiger partial charge in [-0.05, 0) is 46.0 Å². The second kappa shape index (κ2) is 11.3. The predicted octanol–water partition coefficient (Wildman–Crippen LogP) is 4.19. The second-order valence-corrected chi connectivity index (χ2v) is 6.72. The molecule has 1 rings (SSSR count). The van der Waals surface area contributed by atoms with Crippen molar-refractivity contribution >= 4 is 12.1 Å². The minimum absolute atomic E-state index is 0.0137. The fourth-order valence-electron chi connectivity index (χ4n) is 2.82. The van der Waals surface area contributed by atoms with Gasteiger partial charge in [0.25, 0.3) is 0 Å². The van der Waals surface area contributed by atoms with Crippen molar-refractivity contribution in [2.24, 2.45) is 5.92 Å². The number of cyclic esters (lactones) is 1. The zero-order valence-corrected chi connectivity index (χ0v) is 14.9. The van der Waals surface area contributed by atoms with E-state index in [-0.39, 0.29) is 30.1 Å². The Morgan fingerprint density at radius 3 is 2.48 bits per heavy atom. The van der Waals surface area contributed by atoms with Gasteiger partial charge in [0, 0.05) is 6.04 Å². The van der Waals surface area contributed by atoms with Crippen LogP contribution in [-0.4, -0.2) is 30.8 Å². The minimum atomic E-state index is -0.347. The van der Waals surface area contributed by atoms with Gasteiger partial charge in [0.15, 0.2) is 0 Å². The van der Waals surface area contributed by atoms with E-state index < -0.39 is 0 Å². The number of ether oxygens (including phenoxy) is 2. The van der Waals surface area contributed by atoms with E-state index in [2.05, 4.69) is 12.2 Å². The Bertz CT molecular complexity index is 357. The van der Waals surface area contributed by atoms with E-state index in [1.165, 1.54) is 19.3 Å². The number of nitrogens with one attached hydrogen (secondary N) is 1. The van der Waals surface area contributed by atoms with Crippen LogP contribution in [0.3, 0.4) is 0 Å². The normalized spacial score (nSPS) is 20.1. The molecule has 1 saturated heterocycles. The number of alkyl carbamates (subject to hydrolysis) is 1. The maximum absolute atomic E-state index is 11.5. The van der Waals surface area contributed by atoms with E-state index >= 15 is 0 Å². The van der Waals surface area contributed by atoms with Crippen LogP contribution in [0.25, 0.3) is 0 Å². The molecule has 0 aromatic carbocycles. The van der Waals surface area contributed by atoms with Gasteiger partial charge in [0.05, 0.1) is 12.5 Å². The highest BCUT2D eigenvalue weighted by Crippen LogP contribution is 2.31. The lowest BCUT2D eigenvalue weighted by atomic mass is 9.87. The van der Waals surface area contributed by atoms with Gasteiger partial charge in [-0.25, -0.2) is 4.79 Å². The molecule has 1 heterocycles. The summed E-state index contributed by atoms with van der Waals surface area (Å²) in [4.78, 5) is 22.8. The van der Waals surface area contributed by atoms with E-state index in [4.69, 9.17) is 9.47 Å². The van der Waals surface area contributed by atoms with Crippen molar-refractivity contribution in [3.8, 4) is 0 Å². The van der Waals surface area contributed by atoms with Crippen LogP contribution in [0.2, 0.25) is 0 Å². The lowest BCUT2D eigenvalue weighted by Gasteiger charge is -2.35. The quantitative estimate of drug-likeness (QED) is 0.431. The molecule has 5 heteroatoms. The topological polar surface area (TPSA) is 64.6 Å². The molecule has 1 N–H and O–H groups in total. The summed E-state index contributed by atoms with van der Waals surface area (Å²) in [7, 11) is 0. The van der Waals surface area contributed by atoms with Crippen molar-refractivity contribution in [2.75, 3.05) is 6.61 Å². The van der Waals surface area contributed by atoms with Gasteiger partial charge in [-0.1, -0.05) is 32.6 Å². The number of rotatable bonds is 12. The zero-order valence-electron chi connectivity index (χ0n) is 14.9. The number of hydrogen-bond donors (Lipinski definition) is 1. The summed E-state index contributed by atoms with van der Waals surface area (Å²) in [6.07, 6.45) is 9.34. The van der Waals surface area contributed by atoms with Gasteiger partial charge in [-0.2, -0.15) is 0 Å². The molecule has 0 saturated carbocycles. The molecule has 0 aliphatic carbocycles. The number of unbranched alkanes of at least 4 members (excludes halogenated alkanes) is 5. The van der Waals surface area contributed by atoms with Crippen molar-refractivity contribution in [2.45, 2.75) is 90.7 Å². The molecule has 0 spiro atoms.